The lowest BCUT2D eigenvalue weighted by molar-refractivity contribution is -0.143. The van der Waals surface area contributed by atoms with Crippen molar-refractivity contribution in [3.63, 3.8) is 0 Å². The normalized spacial score (nSPS) is 20.3. The van der Waals surface area contributed by atoms with Gasteiger partial charge < -0.3 is 9.64 Å². The summed E-state index contributed by atoms with van der Waals surface area (Å²) in [5.74, 6) is 0.444. The molecular formula is C19H21N3O3. The third-order valence-corrected chi connectivity index (χ3v) is 4.82. The Balaban J connectivity index is 1.37. The van der Waals surface area contributed by atoms with Gasteiger partial charge in [-0.05, 0) is 56.0 Å². The lowest BCUT2D eigenvalue weighted by atomic mass is 9.98. The maximum Gasteiger partial charge on any atom is 0.316 e. The first kappa shape index (κ1) is 15.9. The lowest BCUT2D eigenvalue weighted by Crippen LogP contribution is -2.44. The molecule has 1 aromatic heterocycles. The molecule has 1 aliphatic heterocycles. The van der Waals surface area contributed by atoms with Gasteiger partial charge in [0.25, 0.3) is 0 Å². The summed E-state index contributed by atoms with van der Waals surface area (Å²) in [4.78, 5) is 26.5. The van der Waals surface area contributed by atoms with E-state index in [1.165, 1.54) is 0 Å². The van der Waals surface area contributed by atoms with Gasteiger partial charge in [0, 0.05) is 31.4 Å². The quantitative estimate of drug-likeness (QED) is 0.634. The maximum atomic E-state index is 12.5. The van der Waals surface area contributed by atoms with Crippen LogP contribution in [0.2, 0.25) is 0 Å². The van der Waals surface area contributed by atoms with Crippen LogP contribution in [0.15, 0.2) is 42.7 Å². The van der Waals surface area contributed by atoms with E-state index in [1.807, 2.05) is 29.3 Å². The Hall–Kier alpha value is -2.63. The molecule has 4 rings (SSSR count). The zero-order chi connectivity index (χ0) is 17.2. The average molecular weight is 339 g/mol. The van der Waals surface area contributed by atoms with Crippen molar-refractivity contribution in [3.05, 3.63) is 42.7 Å². The van der Waals surface area contributed by atoms with Crippen molar-refractivity contribution >= 4 is 11.9 Å². The van der Waals surface area contributed by atoms with Crippen molar-refractivity contribution in [2.45, 2.75) is 25.7 Å². The van der Waals surface area contributed by atoms with Crippen molar-refractivity contribution in [1.29, 1.82) is 0 Å². The Labute approximate surface area is 146 Å². The number of amides is 1. The largest absolute Gasteiger partial charge is 0.426 e. The molecule has 1 amide bonds. The van der Waals surface area contributed by atoms with Gasteiger partial charge in [-0.1, -0.05) is 0 Å². The van der Waals surface area contributed by atoms with E-state index in [0.717, 1.165) is 37.9 Å². The fourth-order valence-corrected chi connectivity index (χ4v) is 3.25. The molecule has 2 aliphatic rings. The minimum atomic E-state index is -0.250. The van der Waals surface area contributed by atoms with E-state index in [0.29, 0.717) is 12.3 Å². The number of nitrogens with zero attached hydrogens (tertiary/aromatic N) is 3. The van der Waals surface area contributed by atoms with Crippen molar-refractivity contribution in [2.24, 2.45) is 11.8 Å². The summed E-state index contributed by atoms with van der Waals surface area (Å²) >= 11 is 0. The van der Waals surface area contributed by atoms with Crippen LogP contribution >= 0.6 is 0 Å². The van der Waals surface area contributed by atoms with Crippen LogP contribution in [0.25, 0.3) is 5.69 Å². The van der Waals surface area contributed by atoms with E-state index >= 15 is 0 Å². The zero-order valence-electron chi connectivity index (χ0n) is 14.0. The molecule has 0 spiro atoms. The molecule has 0 unspecified atom stereocenters. The molecule has 1 saturated heterocycles. The predicted octanol–water partition coefficient (Wildman–Crippen LogP) is 2.43. The molecular weight excluding hydrogens is 318 g/mol. The molecule has 2 fully saturated rings. The molecule has 1 saturated carbocycles. The monoisotopic (exact) mass is 339 g/mol. The maximum absolute atomic E-state index is 12.5. The van der Waals surface area contributed by atoms with Crippen LogP contribution in [-0.4, -0.2) is 39.6 Å². The highest BCUT2D eigenvalue weighted by Crippen LogP contribution is 2.32. The van der Waals surface area contributed by atoms with Gasteiger partial charge in [0.05, 0.1) is 11.6 Å². The Morgan fingerprint density at radius 1 is 1.08 bits per heavy atom. The summed E-state index contributed by atoms with van der Waals surface area (Å²) in [6.07, 6.45) is 7.19. The van der Waals surface area contributed by atoms with E-state index in [-0.39, 0.29) is 23.7 Å². The average Bonchev–Trinajstić information content (AvgIpc) is 3.36. The van der Waals surface area contributed by atoms with Crippen molar-refractivity contribution in [1.82, 2.24) is 14.7 Å². The minimum absolute atomic E-state index is 0.199. The SMILES string of the molecule is O=C(Oc1ccc(-n2cccn2)cc1)[C@H]1CCCN(C(=O)C2CC2)C1. The van der Waals surface area contributed by atoms with Crippen molar-refractivity contribution in [3.8, 4) is 11.4 Å². The molecule has 25 heavy (non-hydrogen) atoms. The summed E-state index contributed by atoms with van der Waals surface area (Å²) in [5, 5.41) is 4.17. The van der Waals surface area contributed by atoms with Gasteiger partial charge in [-0.25, -0.2) is 4.68 Å². The number of ether oxygens (including phenoxy) is 1. The number of benzene rings is 1. The fourth-order valence-electron chi connectivity index (χ4n) is 3.25. The molecule has 1 aromatic carbocycles. The standard InChI is InChI=1S/C19H21N3O3/c23-18(14-4-5-14)21-11-1-3-15(13-21)19(24)25-17-8-6-16(7-9-17)22-12-2-10-20-22/h2,6-10,12,14-15H,1,3-5,11,13H2/t15-/m0/s1. The van der Waals surface area contributed by atoms with Crippen LogP contribution in [0, 0.1) is 11.8 Å². The number of rotatable bonds is 4. The molecule has 1 atom stereocenters. The summed E-state index contributed by atoms with van der Waals surface area (Å²) in [5.41, 5.74) is 0.906. The first-order chi connectivity index (χ1) is 12.2. The number of hydrogen-bond acceptors (Lipinski definition) is 4. The molecule has 2 aromatic rings. The Morgan fingerprint density at radius 3 is 2.56 bits per heavy atom. The van der Waals surface area contributed by atoms with Crippen LogP contribution in [0.4, 0.5) is 0 Å². The van der Waals surface area contributed by atoms with E-state index in [1.54, 1.807) is 23.0 Å². The van der Waals surface area contributed by atoms with Crippen molar-refractivity contribution < 1.29 is 14.3 Å². The van der Waals surface area contributed by atoms with E-state index in [4.69, 9.17) is 4.74 Å². The van der Waals surface area contributed by atoms with Crippen molar-refractivity contribution in [2.75, 3.05) is 13.1 Å². The highest BCUT2D eigenvalue weighted by molar-refractivity contribution is 5.82. The van der Waals surface area contributed by atoms with Crippen LogP contribution in [0.5, 0.6) is 5.75 Å². The number of carbonyl (C=O) groups is 2. The van der Waals surface area contributed by atoms with Crippen LogP contribution < -0.4 is 4.74 Å². The summed E-state index contributed by atoms with van der Waals surface area (Å²) < 4.78 is 7.27. The lowest BCUT2D eigenvalue weighted by Gasteiger charge is -2.31. The first-order valence-electron chi connectivity index (χ1n) is 8.81. The Kier molecular flexibility index (Phi) is 4.26. The molecule has 1 aliphatic carbocycles. The molecule has 2 heterocycles. The molecule has 6 nitrogen and oxygen atoms in total. The Morgan fingerprint density at radius 2 is 1.88 bits per heavy atom. The second-order valence-corrected chi connectivity index (χ2v) is 6.76. The first-order valence-corrected chi connectivity index (χ1v) is 8.81. The second kappa shape index (κ2) is 6.70. The highest BCUT2D eigenvalue weighted by Gasteiger charge is 2.37. The molecule has 0 bridgehead atoms. The number of hydrogen-bond donors (Lipinski definition) is 0. The van der Waals surface area contributed by atoms with Crippen LogP contribution in [0.1, 0.15) is 25.7 Å². The summed E-state index contributed by atoms with van der Waals surface area (Å²) in [7, 11) is 0. The van der Waals surface area contributed by atoms with Gasteiger partial charge in [0.2, 0.25) is 5.91 Å². The van der Waals surface area contributed by atoms with Gasteiger partial charge in [0.1, 0.15) is 5.75 Å². The number of aromatic nitrogens is 2. The minimum Gasteiger partial charge on any atom is -0.426 e. The van der Waals surface area contributed by atoms with Gasteiger partial charge in [-0.2, -0.15) is 5.10 Å². The highest BCUT2D eigenvalue weighted by atomic mass is 16.5. The zero-order valence-corrected chi connectivity index (χ0v) is 14.0. The fraction of sp³-hybridized carbons (Fsp3) is 0.421. The number of likely N-dealkylation sites (tertiary alicyclic amines) is 1. The third kappa shape index (κ3) is 3.57. The third-order valence-electron chi connectivity index (χ3n) is 4.82. The van der Waals surface area contributed by atoms with Gasteiger partial charge in [0.15, 0.2) is 0 Å². The van der Waals surface area contributed by atoms with E-state index in [9.17, 15) is 9.59 Å². The molecule has 0 radical (unpaired) electrons. The topological polar surface area (TPSA) is 64.4 Å². The number of carbonyl (C=O) groups excluding carboxylic acids is 2. The van der Waals surface area contributed by atoms with Gasteiger partial charge in [-0.3, -0.25) is 9.59 Å². The van der Waals surface area contributed by atoms with E-state index in [2.05, 4.69) is 5.10 Å². The summed E-state index contributed by atoms with van der Waals surface area (Å²) in [6, 6.07) is 9.11. The van der Waals surface area contributed by atoms with Crippen LogP contribution in [0.3, 0.4) is 0 Å². The summed E-state index contributed by atoms with van der Waals surface area (Å²) in [6.45, 7) is 1.25. The number of piperidine rings is 1. The number of esters is 1. The van der Waals surface area contributed by atoms with E-state index < -0.39 is 0 Å². The smallest absolute Gasteiger partial charge is 0.316 e. The predicted molar refractivity (Wildman–Crippen MR) is 91.2 cm³/mol. The molecule has 6 heteroatoms. The van der Waals surface area contributed by atoms with Gasteiger partial charge >= 0.3 is 5.97 Å². The molecule has 0 N–H and O–H groups in total. The van der Waals surface area contributed by atoms with Gasteiger partial charge in [-0.15, -0.1) is 0 Å². The Bertz CT molecular complexity index is 751. The van der Waals surface area contributed by atoms with Crippen LogP contribution in [-0.2, 0) is 9.59 Å². The second-order valence-electron chi connectivity index (χ2n) is 6.76. The molecule has 130 valence electrons.